The SMILES string of the molecule is C#CCCC(CCC#C)(CO[Si](CC)(CC)CC)C(C)(C)O[Si](CC)(CC)CC. The summed E-state index contributed by atoms with van der Waals surface area (Å²) in [6.07, 6.45) is 14.7. The molecule has 0 unspecified atom stereocenters. The van der Waals surface area contributed by atoms with Gasteiger partial charge >= 0.3 is 0 Å². The lowest BCUT2D eigenvalue weighted by Crippen LogP contribution is -2.56. The van der Waals surface area contributed by atoms with Gasteiger partial charge in [-0.15, -0.1) is 24.7 Å². The molecule has 0 N–H and O–H groups in total. The highest BCUT2D eigenvalue weighted by atomic mass is 28.4. The molecule has 0 bridgehead atoms. The van der Waals surface area contributed by atoms with Crippen molar-refractivity contribution in [2.45, 2.75) is 123 Å². The van der Waals surface area contributed by atoms with E-state index >= 15 is 0 Å². The van der Waals surface area contributed by atoms with E-state index in [1.807, 2.05) is 0 Å². The Kier molecular flexibility index (Phi) is 12.8. The first kappa shape index (κ1) is 28.5. The third-order valence-corrected chi connectivity index (χ3v) is 17.2. The van der Waals surface area contributed by atoms with Gasteiger partial charge in [0, 0.05) is 24.9 Å². The zero-order valence-corrected chi connectivity index (χ0v) is 22.7. The van der Waals surface area contributed by atoms with E-state index in [9.17, 15) is 0 Å². The second-order valence-corrected chi connectivity index (χ2v) is 18.5. The van der Waals surface area contributed by atoms with Crippen LogP contribution in [0.3, 0.4) is 0 Å². The predicted molar refractivity (Wildman–Crippen MR) is 134 cm³/mol. The van der Waals surface area contributed by atoms with Crippen molar-refractivity contribution in [1.29, 1.82) is 0 Å². The molecule has 0 aliphatic carbocycles. The number of hydrogen-bond acceptors (Lipinski definition) is 2. The van der Waals surface area contributed by atoms with Gasteiger partial charge in [0.25, 0.3) is 0 Å². The fourth-order valence-electron chi connectivity index (χ4n) is 4.63. The lowest BCUT2D eigenvalue weighted by Gasteiger charge is -2.52. The lowest BCUT2D eigenvalue weighted by molar-refractivity contribution is -0.0783. The van der Waals surface area contributed by atoms with Gasteiger partial charge in [0.2, 0.25) is 0 Å². The van der Waals surface area contributed by atoms with Gasteiger partial charge in [0.05, 0.1) is 5.60 Å². The molecule has 0 aromatic rings. The Balaban J connectivity index is 6.15. The van der Waals surface area contributed by atoms with Crippen molar-refractivity contribution in [3.63, 3.8) is 0 Å². The van der Waals surface area contributed by atoms with Crippen molar-refractivity contribution in [3.05, 3.63) is 0 Å². The lowest BCUT2D eigenvalue weighted by atomic mass is 9.68. The molecule has 0 rings (SSSR count). The summed E-state index contributed by atoms with van der Waals surface area (Å²) in [7, 11) is -3.50. The summed E-state index contributed by atoms with van der Waals surface area (Å²) in [5, 5.41) is 0. The van der Waals surface area contributed by atoms with Crippen LogP contribution >= 0.6 is 0 Å². The van der Waals surface area contributed by atoms with Crippen LogP contribution in [-0.4, -0.2) is 28.8 Å². The molecular formula is C25H48O2Si2. The minimum absolute atomic E-state index is 0.152. The minimum Gasteiger partial charge on any atom is -0.416 e. The first-order chi connectivity index (χ1) is 13.6. The zero-order valence-electron chi connectivity index (χ0n) is 20.7. The molecule has 0 atom stereocenters. The molecule has 4 heteroatoms. The van der Waals surface area contributed by atoms with Crippen molar-refractivity contribution in [2.24, 2.45) is 5.41 Å². The largest absolute Gasteiger partial charge is 0.416 e. The molecule has 0 spiro atoms. The summed E-state index contributed by atoms with van der Waals surface area (Å²) in [6, 6.07) is 6.88. The highest BCUT2D eigenvalue weighted by Crippen LogP contribution is 2.47. The molecule has 29 heavy (non-hydrogen) atoms. The molecule has 168 valence electrons. The van der Waals surface area contributed by atoms with Crippen molar-refractivity contribution < 1.29 is 8.85 Å². The smallest absolute Gasteiger partial charge is 0.192 e. The molecule has 2 nitrogen and oxygen atoms in total. The van der Waals surface area contributed by atoms with E-state index in [1.165, 1.54) is 0 Å². The fraction of sp³-hybridized carbons (Fsp3) is 0.840. The zero-order chi connectivity index (χ0) is 22.6. The third kappa shape index (κ3) is 7.28. The average molecular weight is 437 g/mol. The monoisotopic (exact) mass is 436 g/mol. The van der Waals surface area contributed by atoms with Crippen LogP contribution in [0.1, 0.15) is 81.1 Å². The van der Waals surface area contributed by atoms with Crippen LogP contribution in [0.4, 0.5) is 0 Å². The second kappa shape index (κ2) is 13.0. The highest BCUT2D eigenvalue weighted by molar-refractivity contribution is 6.74. The topological polar surface area (TPSA) is 18.5 Å². The summed E-state index contributed by atoms with van der Waals surface area (Å²) < 4.78 is 14.0. The van der Waals surface area contributed by atoms with Crippen LogP contribution in [0.15, 0.2) is 0 Å². The van der Waals surface area contributed by atoms with E-state index < -0.39 is 16.6 Å². The Morgan fingerprint density at radius 1 is 0.690 bits per heavy atom. The van der Waals surface area contributed by atoms with Crippen molar-refractivity contribution in [2.75, 3.05) is 6.61 Å². The van der Waals surface area contributed by atoms with Crippen LogP contribution < -0.4 is 0 Å². The molecule has 0 saturated heterocycles. The molecule has 0 amide bonds. The van der Waals surface area contributed by atoms with Crippen LogP contribution in [-0.2, 0) is 8.85 Å². The van der Waals surface area contributed by atoms with Crippen molar-refractivity contribution in [3.8, 4) is 24.7 Å². The first-order valence-corrected chi connectivity index (χ1v) is 16.9. The van der Waals surface area contributed by atoms with Gasteiger partial charge in [-0.1, -0.05) is 41.5 Å². The molecule has 0 aliphatic heterocycles. The van der Waals surface area contributed by atoms with Gasteiger partial charge in [-0.05, 0) is 63.0 Å². The maximum Gasteiger partial charge on any atom is 0.192 e. The van der Waals surface area contributed by atoms with Gasteiger partial charge in [-0.2, -0.15) is 0 Å². The molecule has 0 aliphatic rings. The Morgan fingerprint density at radius 2 is 1.07 bits per heavy atom. The maximum absolute atomic E-state index is 7.14. The van der Waals surface area contributed by atoms with Crippen molar-refractivity contribution in [1.82, 2.24) is 0 Å². The maximum atomic E-state index is 7.14. The summed E-state index contributed by atoms with van der Waals surface area (Å²) in [6.45, 7) is 19.0. The number of terminal acetylenes is 2. The van der Waals surface area contributed by atoms with Gasteiger partial charge in [-0.3, -0.25) is 0 Å². The summed E-state index contributed by atoms with van der Waals surface area (Å²) >= 11 is 0. The molecule has 0 fully saturated rings. The quantitative estimate of drug-likeness (QED) is 0.183. The van der Waals surface area contributed by atoms with Gasteiger partial charge < -0.3 is 8.85 Å². The van der Waals surface area contributed by atoms with E-state index in [0.29, 0.717) is 6.61 Å². The average Bonchev–Trinajstić information content (AvgIpc) is 2.74. The predicted octanol–water partition coefficient (Wildman–Crippen LogP) is 7.62. The molecular weight excluding hydrogens is 388 g/mol. The second-order valence-electron chi connectivity index (χ2n) is 9.08. The molecule has 0 heterocycles. The van der Waals surface area contributed by atoms with E-state index in [2.05, 4.69) is 67.2 Å². The molecule has 0 saturated carbocycles. The highest BCUT2D eigenvalue weighted by Gasteiger charge is 2.50. The van der Waals surface area contributed by atoms with Crippen molar-refractivity contribution >= 4 is 16.6 Å². The van der Waals surface area contributed by atoms with E-state index in [1.54, 1.807) is 0 Å². The number of hydrogen-bond donors (Lipinski definition) is 0. The Labute approximate surface area is 185 Å². The van der Waals surface area contributed by atoms with Crippen LogP contribution in [0.5, 0.6) is 0 Å². The van der Waals surface area contributed by atoms with Crippen LogP contribution in [0.2, 0.25) is 36.3 Å². The Hall–Kier alpha value is -0.526. The molecule has 0 aromatic carbocycles. The Bertz CT molecular complexity index is 499. The summed E-state index contributed by atoms with van der Waals surface area (Å²) in [4.78, 5) is 0. The van der Waals surface area contributed by atoms with Gasteiger partial charge in [0.15, 0.2) is 16.6 Å². The molecule has 0 radical (unpaired) electrons. The van der Waals surface area contributed by atoms with E-state index in [0.717, 1.165) is 61.9 Å². The Morgan fingerprint density at radius 3 is 1.38 bits per heavy atom. The van der Waals surface area contributed by atoms with Gasteiger partial charge in [-0.25, -0.2) is 0 Å². The van der Waals surface area contributed by atoms with Gasteiger partial charge in [0.1, 0.15) is 0 Å². The summed E-state index contributed by atoms with van der Waals surface area (Å²) in [5.74, 6) is 5.75. The van der Waals surface area contributed by atoms with E-state index in [-0.39, 0.29) is 11.0 Å². The first-order valence-electron chi connectivity index (χ1n) is 11.9. The number of rotatable bonds is 16. The summed E-state index contributed by atoms with van der Waals surface area (Å²) in [5.41, 5.74) is -0.467. The standard InChI is InChI=1S/C25H48O2Si2/c1-11-19-21-25(22-20-12-2,23-26-28(13-3,14-4)15-5)24(9,10)27-29(16-6,17-7)18-8/h1-2H,13-23H2,3-10H3. The van der Waals surface area contributed by atoms with Crippen LogP contribution in [0, 0.1) is 30.1 Å². The minimum atomic E-state index is -1.79. The van der Waals surface area contributed by atoms with E-state index in [4.69, 9.17) is 21.7 Å². The van der Waals surface area contributed by atoms with Crippen LogP contribution in [0.25, 0.3) is 0 Å². The third-order valence-electron chi connectivity index (χ3n) is 7.77. The molecule has 0 aromatic heterocycles. The normalized spacial score (nSPS) is 13.2. The fourth-order valence-corrected chi connectivity index (χ4v) is 10.6.